The number of hydrogen-bond donors (Lipinski definition) is 0. The van der Waals surface area contributed by atoms with Gasteiger partial charge in [0, 0.05) is 45.0 Å². The molecule has 2 fully saturated rings. The minimum Gasteiger partial charge on any atom is -0.339 e. The van der Waals surface area contributed by atoms with Crippen molar-refractivity contribution in [1.82, 2.24) is 19.4 Å². The lowest BCUT2D eigenvalue weighted by Crippen LogP contribution is -2.50. The Balaban J connectivity index is 1.45. The molecule has 1 amide bonds. The average Bonchev–Trinajstić information content (AvgIpc) is 3.30. The van der Waals surface area contributed by atoms with E-state index in [1.807, 2.05) is 30.4 Å². The molecule has 3 atom stereocenters. The monoisotopic (exact) mass is 324 g/mol. The SMILES string of the molecule is CN1CCN(C(=O)C2CC2c2ccccc2)CC1c1nccn1C. The normalized spacial score (nSPS) is 27.2. The van der Waals surface area contributed by atoms with Gasteiger partial charge in [0.15, 0.2) is 0 Å². The molecule has 3 unspecified atom stereocenters. The molecule has 2 heterocycles. The van der Waals surface area contributed by atoms with Crippen molar-refractivity contribution in [3.8, 4) is 0 Å². The van der Waals surface area contributed by atoms with Crippen LogP contribution in [0.2, 0.25) is 0 Å². The van der Waals surface area contributed by atoms with Crippen LogP contribution in [-0.2, 0) is 11.8 Å². The number of carbonyl (C=O) groups is 1. The zero-order valence-electron chi connectivity index (χ0n) is 14.3. The molecule has 4 rings (SSSR count). The van der Waals surface area contributed by atoms with E-state index in [1.165, 1.54) is 5.56 Å². The Bertz CT molecular complexity index is 726. The number of imidazole rings is 1. The third-order valence-electron chi connectivity index (χ3n) is 5.45. The molecule has 0 bridgehead atoms. The lowest BCUT2D eigenvalue weighted by Gasteiger charge is -2.39. The van der Waals surface area contributed by atoms with Crippen LogP contribution in [0.4, 0.5) is 0 Å². The molecule has 1 saturated carbocycles. The zero-order valence-corrected chi connectivity index (χ0v) is 14.3. The topological polar surface area (TPSA) is 41.4 Å². The van der Waals surface area contributed by atoms with Gasteiger partial charge < -0.3 is 9.47 Å². The third kappa shape index (κ3) is 2.73. The van der Waals surface area contributed by atoms with Crippen LogP contribution in [-0.4, -0.2) is 51.9 Å². The number of likely N-dealkylation sites (N-methyl/N-ethyl adjacent to an activating group) is 1. The third-order valence-corrected chi connectivity index (χ3v) is 5.45. The van der Waals surface area contributed by atoms with E-state index in [1.54, 1.807) is 0 Å². The van der Waals surface area contributed by atoms with Crippen molar-refractivity contribution in [2.75, 3.05) is 26.7 Å². The highest BCUT2D eigenvalue weighted by atomic mass is 16.2. The summed E-state index contributed by atoms with van der Waals surface area (Å²) in [5.74, 6) is 1.92. The molecule has 1 aromatic carbocycles. The summed E-state index contributed by atoms with van der Waals surface area (Å²) in [4.78, 5) is 21.8. The summed E-state index contributed by atoms with van der Waals surface area (Å²) in [6.45, 7) is 2.44. The van der Waals surface area contributed by atoms with Crippen LogP contribution in [0.25, 0.3) is 0 Å². The molecule has 0 N–H and O–H groups in total. The number of carbonyl (C=O) groups excluding carboxylic acids is 1. The van der Waals surface area contributed by atoms with E-state index in [4.69, 9.17) is 0 Å². The quantitative estimate of drug-likeness (QED) is 0.867. The predicted octanol–water partition coefficient (Wildman–Crippen LogP) is 2.04. The van der Waals surface area contributed by atoms with Crippen molar-refractivity contribution in [1.29, 1.82) is 0 Å². The van der Waals surface area contributed by atoms with Gasteiger partial charge in [-0.25, -0.2) is 4.98 Å². The van der Waals surface area contributed by atoms with Crippen LogP contribution >= 0.6 is 0 Å². The van der Waals surface area contributed by atoms with Crippen LogP contribution in [0.3, 0.4) is 0 Å². The summed E-state index contributed by atoms with van der Waals surface area (Å²) in [7, 11) is 4.13. The van der Waals surface area contributed by atoms with Crippen LogP contribution in [0, 0.1) is 5.92 Å². The van der Waals surface area contributed by atoms with Gasteiger partial charge in [0.2, 0.25) is 5.91 Å². The van der Waals surface area contributed by atoms with Gasteiger partial charge in [-0.2, -0.15) is 0 Å². The highest BCUT2D eigenvalue weighted by Crippen LogP contribution is 2.48. The first-order valence-electron chi connectivity index (χ1n) is 8.66. The fourth-order valence-corrected chi connectivity index (χ4v) is 3.82. The fourth-order valence-electron chi connectivity index (χ4n) is 3.82. The molecule has 5 nitrogen and oxygen atoms in total. The Morgan fingerprint density at radius 2 is 1.96 bits per heavy atom. The number of amides is 1. The van der Waals surface area contributed by atoms with Crippen molar-refractivity contribution in [3.63, 3.8) is 0 Å². The number of hydrogen-bond acceptors (Lipinski definition) is 3. The maximum atomic E-state index is 12.9. The molecule has 126 valence electrons. The summed E-state index contributed by atoms with van der Waals surface area (Å²) >= 11 is 0. The summed E-state index contributed by atoms with van der Waals surface area (Å²) in [6, 6.07) is 10.6. The molecule has 1 aliphatic heterocycles. The highest BCUT2D eigenvalue weighted by Gasteiger charge is 2.46. The first-order chi connectivity index (χ1) is 11.6. The second kappa shape index (κ2) is 6.06. The van der Waals surface area contributed by atoms with Crippen molar-refractivity contribution in [2.45, 2.75) is 18.4 Å². The van der Waals surface area contributed by atoms with Crippen molar-refractivity contribution < 1.29 is 4.79 Å². The molecule has 0 radical (unpaired) electrons. The Morgan fingerprint density at radius 1 is 1.17 bits per heavy atom. The second-order valence-corrected chi connectivity index (χ2v) is 7.04. The predicted molar refractivity (Wildman–Crippen MR) is 92.4 cm³/mol. The van der Waals surface area contributed by atoms with E-state index in [0.717, 1.165) is 31.9 Å². The smallest absolute Gasteiger partial charge is 0.226 e. The molecule has 2 aromatic rings. The lowest BCUT2D eigenvalue weighted by molar-refractivity contribution is -0.135. The van der Waals surface area contributed by atoms with E-state index in [9.17, 15) is 4.79 Å². The number of piperazine rings is 1. The van der Waals surface area contributed by atoms with Crippen molar-refractivity contribution in [2.24, 2.45) is 13.0 Å². The summed E-state index contributed by atoms with van der Waals surface area (Å²) < 4.78 is 2.05. The number of benzene rings is 1. The maximum absolute atomic E-state index is 12.9. The molecule has 5 heteroatoms. The fraction of sp³-hybridized carbons (Fsp3) is 0.474. The minimum atomic E-state index is 0.165. The van der Waals surface area contributed by atoms with E-state index in [-0.39, 0.29) is 12.0 Å². The Hall–Kier alpha value is -2.14. The molecule has 1 aromatic heterocycles. The summed E-state index contributed by atoms with van der Waals surface area (Å²) in [5.41, 5.74) is 1.30. The Morgan fingerprint density at radius 3 is 2.67 bits per heavy atom. The van der Waals surface area contributed by atoms with Gasteiger partial charge in [0.25, 0.3) is 0 Å². The molecule has 1 aliphatic carbocycles. The van der Waals surface area contributed by atoms with E-state index in [2.05, 4.69) is 45.8 Å². The standard InChI is InChI=1S/C19H24N4O/c1-21-10-11-23(13-17(21)18-20-8-9-22(18)2)19(24)16-12-15(16)14-6-4-3-5-7-14/h3-9,15-17H,10-13H2,1-2H3. The Kier molecular flexibility index (Phi) is 3.88. The van der Waals surface area contributed by atoms with Gasteiger partial charge in [-0.05, 0) is 24.9 Å². The molecular weight excluding hydrogens is 300 g/mol. The second-order valence-electron chi connectivity index (χ2n) is 7.04. The van der Waals surface area contributed by atoms with Crippen LogP contribution < -0.4 is 0 Å². The van der Waals surface area contributed by atoms with Crippen molar-refractivity contribution in [3.05, 3.63) is 54.1 Å². The van der Waals surface area contributed by atoms with Crippen LogP contribution in [0.5, 0.6) is 0 Å². The minimum absolute atomic E-state index is 0.165. The molecule has 0 spiro atoms. The first kappa shape index (κ1) is 15.4. The molecular formula is C19H24N4O. The van der Waals surface area contributed by atoms with Crippen LogP contribution in [0.1, 0.15) is 29.8 Å². The van der Waals surface area contributed by atoms with Gasteiger partial charge in [-0.15, -0.1) is 0 Å². The van der Waals surface area contributed by atoms with Gasteiger partial charge in [0.1, 0.15) is 5.82 Å². The maximum Gasteiger partial charge on any atom is 0.226 e. The lowest BCUT2D eigenvalue weighted by atomic mass is 10.1. The average molecular weight is 324 g/mol. The molecule has 24 heavy (non-hydrogen) atoms. The van der Waals surface area contributed by atoms with Gasteiger partial charge >= 0.3 is 0 Å². The number of rotatable bonds is 3. The highest BCUT2D eigenvalue weighted by molar-refractivity contribution is 5.83. The van der Waals surface area contributed by atoms with Gasteiger partial charge in [0.05, 0.1) is 6.04 Å². The van der Waals surface area contributed by atoms with Crippen molar-refractivity contribution >= 4 is 5.91 Å². The number of aryl methyl sites for hydroxylation is 1. The zero-order chi connectivity index (χ0) is 16.7. The van der Waals surface area contributed by atoms with Crippen LogP contribution in [0.15, 0.2) is 42.7 Å². The first-order valence-corrected chi connectivity index (χ1v) is 8.66. The van der Waals surface area contributed by atoms with E-state index in [0.29, 0.717) is 11.8 Å². The number of nitrogens with zero attached hydrogens (tertiary/aromatic N) is 4. The number of aromatic nitrogens is 2. The van der Waals surface area contributed by atoms with E-state index < -0.39 is 0 Å². The van der Waals surface area contributed by atoms with E-state index >= 15 is 0 Å². The van der Waals surface area contributed by atoms with Gasteiger partial charge in [-0.3, -0.25) is 9.69 Å². The Labute approximate surface area is 142 Å². The summed E-state index contributed by atoms with van der Waals surface area (Å²) in [5, 5.41) is 0. The summed E-state index contributed by atoms with van der Waals surface area (Å²) in [6.07, 6.45) is 4.79. The molecule has 1 saturated heterocycles. The molecule has 2 aliphatic rings. The largest absolute Gasteiger partial charge is 0.339 e. The van der Waals surface area contributed by atoms with Gasteiger partial charge in [-0.1, -0.05) is 30.3 Å².